The van der Waals surface area contributed by atoms with Crippen molar-refractivity contribution in [1.29, 1.82) is 5.26 Å². The van der Waals surface area contributed by atoms with Gasteiger partial charge in [0.25, 0.3) is 0 Å². The molecule has 0 spiro atoms. The van der Waals surface area contributed by atoms with Gasteiger partial charge < -0.3 is 5.11 Å². The monoisotopic (exact) mass is 323 g/mol. The number of halogens is 2. The fourth-order valence-electron chi connectivity index (χ4n) is 3.91. The summed E-state index contributed by atoms with van der Waals surface area (Å²) >= 11 is 3.35. The van der Waals surface area contributed by atoms with E-state index in [1.807, 2.05) is 0 Å². The van der Waals surface area contributed by atoms with E-state index in [2.05, 4.69) is 22.0 Å². The molecule has 1 aromatic carbocycles. The van der Waals surface area contributed by atoms with Crippen molar-refractivity contribution < 1.29 is 9.50 Å². The van der Waals surface area contributed by atoms with Gasteiger partial charge in [-0.05, 0) is 54.9 Å². The number of fused-ring (bicyclic) bond motifs is 2. The number of aliphatic hydroxyl groups is 1. The number of nitrogens with zero attached hydrogens (tertiary/aromatic N) is 1. The highest BCUT2D eigenvalue weighted by molar-refractivity contribution is 9.10. The molecule has 2 aliphatic carbocycles. The van der Waals surface area contributed by atoms with Crippen molar-refractivity contribution in [2.75, 3.05) is 0 Å². The third kappa shape index (κ3) is 1.91. The normalized spacial score (nSPS) is 34.2. The summed E-state index contributed by atoms with van der Waals surface area (Å²) in [7, 11) is 0. The first-order valence-corrected chi connectivity index (χ1v) is 7.40. The van der Waals surface area contributed by atoms with Gasteiger partial charge in [-0.25, -0.2) is 4.39 Å². The van der Waals surface area contributed by atoms with Gasteiger partial charge in [-0.2, -0.15) is 5.26 Å². The van der Waals surface area contributed by atoms with E-state index in [4.69, 9.17) is 0 Å². The maximum absolute atomic E-state index is 13.4. The third-order valence-corrected chi connectivity index (χ3v) is 5.57. The van der Waals surface area contributed by atoms with Gasteiger partial charge in [0.15, 0.2) is 0 Å². The zero-order chi connectivity index (χ0) is 13.6. The summed E-state index contributed by atoms with van der Waals surface area (Å²) in [6.45, 7) is 0. The zero-order valence-corrected chi connectivity index (χ0v) is 12.0. The molecule has 0 radical (unpaired) electrons. The van der Waals surface area contributed by atoms with Crippen LogP contribution in [0.15, 0.2) is 22.7 Å². The average molecular weight is 324 g/mol. The van der Waals surface area contributed by atoms with Crippen molar-refractivity contribution in [2.45, 2.75) is 31.8 Å². The topological polar surface area (TPSA) is 44.0 Å². The van der Waals surface area contributed by atoms with Crippen LogP contribution in [-0.4, -0.2) is 5.11 Å². The van der Waals surface area contributed by atoms with Crippen LogP contribution in [0.2, 0.25) is 0 Å². The molecule has 19 heavy (non-hydrogen) atoms. The van der Waals surface area contributed by atoms with Crippen LogP contribution in [0.25, 0.3) is 0 Å². The Labute approximate surface area is 120 Å². The maximum Gasteiger partial charge on any atom is 0.123 e. The fraction of sp³-hybridized carbons (Fsp3) is 0.533. The summed E-state index contributed by atoms with van der Waals surface area (Å²) in [5.74, 6) is 0.410. The fourth-order valence-corrected chi connectivity index (χ4v) is 4.37. The number of aliphatic hydroxyl groups excluding tert-OH is 1. The van der Waals surface area contributed by atoms with Gasteiger partial charge in [0, 0.05) is 4.47 Å². The molecule has 0 aromatic heterocycles. The van der Waals surface area contributed by atoms with E-state index in [9.17, 15) is 14.8 Å². The first-order valence-electron chi connectivity index (χ1n) is 6.61. The van der Waals surface area contributed by atoms with Crippen LogP contribution in [0.3, 0.4) is 0 Å². The number of hydrogen-bond donors (Lipinski definition) is 1. The van der Waals surface area contributed by atoms with Crippen LogP contribution < -0.4 is 0 Å². The Morgan fingerprint density at radius 3 is 2.84 bits per heavy atom. The number of hydrogen-bond acceptors (Lipinski definition) is 2. The maximum atomic E-state index is 13.4. The molecule has 1 aromatic rings. The van der Waals surface area contributed by atoms with Crippen LogP contribution in [0.1, 0.15) is 37.4 Å². The lowest BCUT2D eigenvalue weighted by molar-refractivity contribution is 0.0226. The highest BCUT2D eigenvalue weighted by Gasteiger charge is 2.56. The molecule has 3 rings (SSSR count). The molecular weight excluding hydrogens is 309 g/mol. The minimum atomic E-state index is -0.919. The molecule has 2 aliphatic rings. The zero-order valence-electron chi connectivity index (χ0n) is 10.4. The number of rotatable bonds is 2. The average Bonchev–Trinajstić information content (AvgIpc) is 3.01. The van der Waals surface area contributed by atoms with E-state index in [0.29, 0.717) is 16.0 Å². The van der Waals surface area contributed by atoms with Gasteiger partial charge in [0.1, 0.15) is 5.82 Å². The van der Waals surface area contributed by atoms with Gasteiger partial charge in [-0.15, -0.1) is 0 Å². The summed E-state index contributed by atoms with van der Waals surface area (Å²) in [6.07, 6.45) is 3.00. The molecule has 0 amide bonds. The Bertz CT molecular complexity index is 556. The summed E-state index contributed by atoms with van der Waals surface area (Å²) in [6, 6.07) is 6.63. The molecule has 0 saturated heterocycles. The highest BCUT2D eigenvalue weighted by atomic mass is 79.9. The lowest BCUT2D eigenvalue weighted by Gasteiger charge is -2.36. The third-order valence-electron chi connectivity index (χ3n) is 4.84. The van der Waals surface area contributed by atoms with Crippen LogP contribution in [-0.2, 0) is 0 Å². The van der Waals surface area contributed by atoms with E-state index < -0.39 is 11.5 Å². The Kier molecular flexibility index (Phi) is 3.15. The molecule has 2 fully saturated rings. The highest BCUT2D eigenvalue weighted by Crippen LogP contribution is 2.61. The molecule has 2 nitrogen and oxygen atoms in total. The predicted molar refractivity (Wildman–Crippen MR) is 72.6 cm³/mol. The van der Waals surface area contributed by atoms with Crippen molar-refractivity contribution in [1.82, 2.24) is 0 Å². The SMILES string of the molecule is N#CC1(C(O)c2cc(F)ccc2Br)CC2CCC1C2. The molecule has 0 heterocycles. The summed E-state index contributed by atoms with van der Waals surface area (Å²) < 4.78 is 14.1. The van der Waals surface area contributed by atoms with Gasteiger partial charge in [0.2, 0.25) is 0 Å². The molecule has 1 N–H and O–H groups in total. The van der Waals surface area contributed by atoms with Crippen molar-refractivity contribution in [3.05, 3.63) is 34.1 Å². The Balaban J connectivity index is 2.01. The minimum Gasteiger partial charge on any atom is -0.387 e. The molecule has 2 bridgehead atoms. The van der Waals surface area contributed by atoms with Crippen molar-refractivity contribution in [3.63, 3.8) is 0 Å². The molecular formula is C15H15BrFNO. The van der Waals surface area contributed by atoms with Gasteiger partial charge in [-0.3, -0.25) is 0 Å². The molecule has 100 valence electrons. The van der Waals surface area contributed by atoms with E-state index in [0.717, 1.165) is 25.7 Å². The van der Waals surface area contributed by atoms with Crippen LogP contribution in [0.5, 0.6) is 0 Å². The lowest BCUT2D eigenvalue weighted by Crippen LogP contribution is -2.33. The summed E-state index contributed by atoms with van der Waals surface area (Å²) in [5, 5.41) is 20.3. The standard InChI is InChI=1S/C15H15BrFNO/c16-13-4-3-11(17)6-12(13)14(19)15(8-18)7-9-1-2-10(15)5-9/h3-4,6,9-10,14,19H,1-2,5,7H2. The molecule has 2 saturated carbocycles. The number of benzene rings is 1. The van der Waals surface area contributed by atoms with E-state index in [1.165, 1.54) is 12.1 Å². The smallest absolute Gasteiger partial charge is 0.123 e. The van der Waals surface area contributed by atoms with E-state index >= 15 is 0 Å². The van der Waals surface area contributed by atoms with Gasteiger partial charge in [0.05, 0.1) is 17.6 Å². The Hall–Kier alpha value is -0.920. The lowest BCUT2D eigenvalue weighted by atomic mass is 9.68. The Morgan fingerprint density at radius 1 is 1.47 bits per heavy atom. The van der Waals surface area contributed by atoms with Crippen LogP contribution in [0, 0.1) is 34.4 Å². The van der Waals surface area contributed by atoms with Gasteiger partial charge >= 0.3 is 0 Å². The largest absolute Gasteiger partial charge is 0.387 e. The first kappa shape index (κ1) is 13.1. The van der Waals surface area contributed by atoms with Crippen molar-refractivity contribution in [2.24, 2.45) is 17.3 Å². The van der Waals surface area contributed by atoms with E-state index in [1.54, 1.807) is 6.07 Å². The van der Waals surface area contributed by atoms with Gasteiger partial charge in [-0.1, -0.05) is 22.4 Å². The summed E-state index contributed by atoms with van der Waals surface area (Å²) in [5.41, 5.74) is -0.242. The summed E-state index contributed by atoms with van der Waals surface area (Å²) in [4.78, 5) is 0. The predicted octanol–water partition coefficient (Wildman–Crippen LogP) is 3.95. The van der Waals surface area contributed by atoms with Crippen molar-refractivity contribution in [3.8, 4) is 6.07 Å². The second-order valence-electron chi connectivity index (χ2n) is 5.80. The van der Waals surface area contributed by atoms with Crippen molar-refractivity contribution >= 4 is 15.9 Å². The second-order valence-corrected chi connectivity index (χ2v) is 6.66. The van der Waals surface area contributed by atoms with E-state index in [-0.39, 0.29) is 11.7 Å². The quantitative estimate of drug-likeness (QED) is 0.895. The first-order chi connectivity index (χ1) is 9.06. The minimum absolute atomic E-state index is 0.243. The molecule has 4 heteroatoms. The van der Waals surface area contributed by atoms with Crippen LogP contribution in [0.4, 0.5) is 4.39 Å². The Morgan fingerprint density at radius 2 is 2.26 bits per heavy atom. The van der Waals surface area contributed by atoms with Crippen LogP contribution >= 0.6 is 15.9 Å². The molecule has 4 atom stereocenters. The number of nitriles is 1. The molecule has 0 aliphatic heterocycles. The second kappa shape index (κ2) is 4.57. The molecule has 4 unspecified atom stereocenters.